The van der Waals surface area contributed by atoms with Crippen molar-refractivity contribution in [2.75, 3.05) is 5.32 Å². The van der Waals surface area contributed by atoms with E-state index in [0.29, 0.717) is 10.6 Å². The number of amides is 1. The van der Waals surface area contributed by atoms with Crippen LogP contribution < -0.4 is 5.32 Å². The third-order valence-electron chi connectivity index (χ3n) is 2.83. The molecule has 0 aliphatic heterocycles. The van der Waals surface area contributed by atoms with Crippen LogP contribution in [0.2, 0.25) is 5.02 Å². The standard InChI is InChI=1S/C15H12ClNO4/c16-11-4-2-1-3-9(11)8-14(19)17-12-6-5-10(15(20)21)7-13(12)18/h1-7,18H,8H2,(H,17,19)(H,20,21). The Morgan fingerprint density at radius 1 is 1.14 bits per heavy atom. The van der Waals surface area contributed by atoms with Gasteiger partial charge in [-0.05, 0) is 29.8 Å². The Morgan fingerprint density at radius 3 is 2.48 bits per heavy atom. The van der Waals surface area contributed by atoms with Crippen molar-refractivity contribution < 1.29 is 19.8 Å². The smallest absolute Gasteiger partial charge is 0.335 e. The number of carbonyl (C=O) groups is 2. The van der Waals surface area contributed by atoms with Crippen LogP contribution in [0.3, 0.4) is 0 Å². The van der Waals surface area contributed by atoms with Crippen LogP contribution in [0, 0.1) is 0 Å². The van der Waals surface area contributed by atoms with E-state index in [0.717, 1.165) is 6.07 Å². The lowest BCUT2D eigenvalue weighted by atomic mass is 10.1. The number of hydrogen-bond donors (Lipinski definition) is 3. The normalized spacial score (nSPS) is 10.1. The lowest BCUT2D eigenvalue weighted by molar-refractivity contribution is -0.115. The van der Waals surface area contributed by atoms with Crippen molar-refractivity contribution >= 4 is 29.2 Å². The maximum Gasteiger partial charge on any atom is 0.335 e. The number of carboxylic acids is 1. The van der Waals surface area contributed by atoms with Crippen LogP contribution in [0.25, 0.3) is 0 Å². The SMILES string of the molecule is O=C(Cc1ccccc1Cl)Nc1ccc(C(=O)O)cc1O. The maximum atomic E-state index is 11.9. The number of phenols is 1. The molecule has 2 rings (SSSR count). The molecule has 0 radical (unpaired) electrons. The van der Waals surface area contributed by atoms with Crippen LogP contribution in [0.15, 0.2) is 42.5 Å². The van der Waals surface area contributed by atoms with Gasteiger partial charge in [-0.3, -0.25) is 4.79 Å². The zero-order valence-electron chi connectivity index (χ0n) is 10.8. The number of halogens is 1. The molecule has 0 heterocycles. The van der Waals surface area contributed by atoms with Gasteiger partial charge in [-0.25, -0.2) is 4.79 Å². The molecule has 2 aromatic carbocycles. The molecule has 6 heteroatoms. The van der Waals surface area contributed by atoms with Crippen LogP contribution in [0.1, 0.15) is 15.9 Å². The van der Waals surface area contributed by atoms with Gasteiger partial charge in [0.25, 0.3) is 0 Å². The minimum Gasteiger partial charge on any atom is -0.506 e. The molecule has 0 saturated heterocycles. The lowest BCUT2D eigenvalue weighted by Gasteiger charge is -2.08. The summed E-state index contributed by atoms with van der Waals surface area (Å²) in [6, 6.07) is 10.7. The van der Waals surface area contributed by atoms with E-state index >= 15 is 0 Å². The first-order valence-electron chi connectivity index (χ1n) is 6.07. The zero-order chi connectivity index (χ0) is 15.4. The van der Waals surface area contributed by atoms with Crippen molar-refractivity contribution in [1.29, 1.82) is 0 Å². The van der Waals surface area contributed by atoms with Crippen LogP contribution >= 0.6 is 11.6 Å². The highest BCUT2D eigenvalue weighted by Crippen LogP contribution is 2.25. The van der Waals surface area contributed by atoms with Gasteiger partial charge in [0.15, 0.2) is 0 Å². The molecule has 0 bridgehead atoms. The first kappa shape index (κ1) is 14.9. The van der Waals surface area contributed by atoms with Crippen LogP contribution in [-0.4, -0.2) is 22.1 Å². The van der Waals surface area contributed by atoms with Gasteiger partial charge in [-0.1, -0.05) is 29.8 Å². The summed E-state index contributed by atoms with van der Waals surface area (Å²) in [5, 5.41) is 21.5. The molecule has 1 amide bonds. The molecule has 0 fully saturated rings. The summed E-state index contributed by atoms with van der Waals surface area (Å²) >= 11 is 5.96. The van der Waals surface area contributed by atoms with E-state index in [4.69, 9.17) is 16.7 Å². The molecule has 0 aromatic heterocycles. The number of phenolic OH excluding ortho intramolecular Hbond substituents is 1. The molecule has 3 N–H and O–H groups in total. The van der Waals surface area contributed by atoms with Crippen molar-refractivity contribution in [3.05, 3.63) is 58.6 Å². The fourth-order valence-electron chi connectivity index (χ4n) is 1.78. The second kappa shape index (κ2) is 6.28. The minimum atomic E-state index is -1.15. The summed E-state index contributed by atoms with van der Waals surface area (Å²) in [7, 11) is 0. The van der Waals surface area contributed by atoms with Crippen molar-refractivity contribution in [1.82, 2.24) is 0 Å². The molecule has 0 unspecified atom stereocenters. The van der Waals surface area contributed by atoms with Crippen LogP contribution in [0.4, 0.5) is 5.69 Å². The number of hydrogen-bond acceptors (Lipinski definition) is 3. The Morgan fingerprint density at radius 2 is 1.86 bits per heavy atom. The molecule has 0 saturated carbocycles. The number of aromatic carboxylic acids is 1. The second-order valence-corrected chi connectivity index (χ2v) is 4.76. The third kappa shape index (κ3) is 3.73. The number of carbonyl (C=O) groups excluding carboxylic acids is 1. The van der Waals surface area contributed by atoms with E-state index in [-0.39, 0.29) is 29.3 Å². The topological polar surface area (TPSA) is 86.6 Å². The van der Waals surface area contributed by atoms with E-state index in [2.05, 4.69) is 5.32 Å². The van der Waals surface area contributed by atoms with Gasteiger partial charge in [0, 0.05) is 5.02 Å². The van der Waals surface area contributed by atoms with Crippen molar-refractivity contribution in [3.8, 4) is 5.75 Å². The molecular weight excluding hydrogens is 294 g/mol. The average Bonchev–Trinajstić information content (AvgIpc) is 2.43. The first-order valence-corrected chi connectivity index (χ1v) is 6.44. The molecule has 21 heavy (non-hydrogen) atoms. The van der Waals surface area contributed by atoms with Crippen LogP contribution in [-0.2, 0) is 11.2 Å². The largest absolute Gasteiger partial charge is 0.506 e. The molecule has 0 spiro atoms. The first-order chi connectivity index (χ1) is 9.97. The predicted octanol–water partition coefficient (Wildman–Crippen LogP) is 2.93. The minimum absolute atomic E-state index is 0.0554. The van der Waals surface area contributed by atoms with Gasteiger partial charge in [-0.2, -0.15) is 0 Å². The number of nitrogens with one attached hydrogen (secondary N) is 1. The van der Waals surface area contributed by atoms with Gasteiger partial charge in [0.05, 0.1) is 17.7 Å². The number of rotatable bonds is 4. The highest BCUT2D eigenvalue weighted by atomic mass is 35.5. The number of anilines is 1. The lowest BCUT2D eigenvalue weighted by Crippen LogP contribution is -2.15. The summed E-state index contributed by atoms with van der Waals surface area (Å²) in [6.07, 6.45) is 0.0554. The third-order valence-corrected chi connectivity index (χ3v) is 3.20. The predicted molar refractivity (Wildman–Crippen MR) is 78.9 cm³/mol. The van der Waals surface area contributed by atoms with Crippen molar-refractivity contribution in [2.45, 2.75) is 6.42 Å². The quantitative estimate of drug-likeness (QED) is 0.758. The van der Waals surface area contributed by atoms with E-state index in [9.17, 15) is 14.7 Å². The zero-order valence-corrected chi connectivity index (χ0v) is 11.6. The van der Waals surface area contributed by atoms with E-state index < -0.39 is 5.97 Å². The number of carboxylic acid groups (broad SMARTS) is 1. The fourth-order valence-corrected chi connectivity index (χ4v) is 1.98. The van der Waals surface area contributed by atoms with Gasteiger partial charge < -0.3 is 15.5 Å². The Kier molecular flexibility index (Phi) is 4.45. The summed E-state index contributed by atoms with van der Waals surface area (Å²) in [6.45, 7) is 0. The highest BCUT2D eigenvalue weighted by molar-refractivity contribution is 6.31. The Hall–Kier alpha value is -2.53. The van der Waals surface area contributed by atoms with Crippen molar-refractivity contribution in [2.24, 2.45) is 0 Å². The molecule has 0 aliphatic carbocycles. The molecule has 0 atom stereocenters. The Bertz CT molecular complexity index is 700. The summed E-state index contributed by atoms with van der Waals surface area (Å²) in [4.78, 5) is 22.7. The summed E-state index contributed by atoms with van der Waals surface area (Å²) < 4.78 is 0. The van der Waals surface area contributed by atoms with Gasteiger partial charge >= 0.3 is 5.97 Å². The monoisotopic (exact) mass is 305 g/mol. The molecule has 0 aliphatic rings. The fraction of sp³-hybridized carbons (Fsp3) is 0.0667. The molecular formula is C15H12ClNO4. The molecule has 108 valence electrons. The Balaban J connectivity index is 2.10. The molecule has 5 nitrogen and oxygen atoms in total. The second-order valence-electron chi connectivity index (χ2n) is 4.35. The number of benzene rings is 2. The van der Waals surface area contributed by atoms with Gasteiger partial charge in [0.1, 0.15) is 5.75 Å². The summed E-state index contributed by atoms with van der Waals surface area (Å²) in [5.74, 6) is -1.82. The highest BCUT2D eigenvalue weighted by Gasteiger charge is 2.11. The average molecular weight is 306 g/mol. The summed E-state index contributed by atoms with van der Waals surface area (Å²) in [5.41, 5.74) is 0.756. The number of aromatic hydroxyl groups is 1. The molecule has 2 aromatic rings. The van der Waals surface area contributed by atoms with Gasteiger partial charge in [-0.15, -0.1) is 0 Å². The maximum absolute atomic E-state index is 11.9. The van der Waals surface area contributed by atoms with Gasteiger partial charge in [0.2, 0.25) is 5.91 Å². The van der Waals surface area contributed by atoms with Crippen LogP contribution in [0.5, 0.6) is 5.75 Å². The van der Waals surface area contributed by atoms with E-state index in [1.165, 1.54) is 12.1 Å². The Labute approximate surface area is 125 Å². The van der Waals surface area contributed by atoms with E-state index in [1.807, 2.05) is 0 Å². The van der Waals surface area contributed by atoms with Crippen molar-refractivity contribution in [3.63, 3.8) is 0 Å². The van der Waals surface area contributed by atoms with E-state index in [1.54, 1.807) is 24.3 Å².